The maximum atomic E-state index is 5.20. The van der Waals surface area contributed by atoms with Gasteiger partial charge in [0.25, 0.3) is 0 Å². The minimum atomic E-state index is 0.525. The van der Waals surface area contributed by atoms with Gasteiger partial charge in [0.15, 0.2) is 0 Å². The maximum absolute atomic E-state index is 5.20. The highest BCUT2D eigenvalue weighted by Gasteiger charge is 2.05. The largest absolute Gasteiger partial charge is 0.497 e. The predicted molar refractivity (Wildman–Crippen MR) is 129 cm³/mol. The Morgan fingerprint density at radius 3 is 1.50 bits per heavy atom. The zero-order valence-electron chi connectivity index (χ0n) is 18.2. The SMILES string of the molecule is COc1ccc(Nc2ccc(Nc3nc(C)cc(Nc4ccc(OC)cc4)n3)cc2)cc1. The number of aryl methyl sites for hydroxylation is 1. The molecule has 0 fully saturated rings. The number of rotatable bonds is 8. The molecule has 3 aromatic carbocycles. The van der Waals surface area contributed by atoms with Crippen molar-refractivity contribution in [1.82, 2.24) is 9.97 Å². The normalized spacial score (nSPS) is 10.3. The Morgan fingerprint density at radius 2 is 1.00 bits per heavy atom. The van der Waals surface area contributed by atoms with E-state index in [1.807, 2.05) is 85.8 Å². The van der Waals surface area contributed by atoms with Gasteiger partial charge in [0.1, 0.15) is 17.3 Å². The molecule has 0 bridgehead atoms. The van der Waals surface area contributed by atoms with Crippen LogP contribution in [0.2, 0.25) is 0 Å². The molecule has 32 heavy (non-hydrogen) atoms. The highest BCUT2D eigenvalue weighted by Crippen LogP contribution is 2.24. The van der Waals surface area contributed by atoms with E-state index in [9.17, 15) is 0 Å². The zero-order chi connectivity index (χ0) is 22.3. The summed E-state index contributed by atoms with van der Waals surface area (Å²) in [6.07, 6.45) is 0. The summed E-state index contributed by atoms with van der Waals surface area (Å²) in [5.41, 5.74) is 4.64. The Labute approximate surface area is 187 Å². The van der Waals surface area contributed by atoms with Crippen LogP contribution in [0.1, 0.15) is 5.69 Å². The third kappa shape index (κ3) is 5.46. The van der Waals surface area contributed by atoms with E-state index >= 15 is 0 Å². The molecule has 1 aromatic heterocycles. The third-order valence-corrected chi connectivity index (χ3v) is 4.74. The molecule has 0 amide bonds. The molecule has 1 heterocycles. The van der Waals surface area contributed by atoms with Gasteiger partial charge in [-0.1, -0.05) is 0 Å². The Balaban J connectivity index is 1.42. The molecule has 3 N–H and O–H groups in total. The molecule has 0 aliphatic carbocycles. The number of aromatic nitrogens is 2. The standard InChI is InChI=1S/C25H25N5O2/c1-17-16-24(28-20-10-14-23(32-3)15-11-20)30-25(26-17)29-21-6-4-18(5-7-21)27-19-8-12-22(31-2)13-9-19/h4-16,27H,1-3H3,(H2,26,28,29,30). The average Bonchev–Trinajstić information content (AvgIpc) is 2.81. The fraction of sp³-hybridized carbons (Fsp3) is 0.120. The number of benzene rings is 3. The Morgan fingerprint density at radius 1 is 0.562 bits per heavy atom. The lowest BCUT2D eigenvalue weighted by molar-refractivity contribution is 0.415. The number of hydrogen-bond acceptors (Lipinski definition) is 7. The molecule has 162 valence electrons. The molecule has 0 aliphatic heterocycles. The van der Waals surface area contributed by atoms with Gasteiger partial charge in [-0.15, -0.1) is 0 Å². The van der Waals surface area contributed by atoms with Crippen molar-refractivity contribution in [3.63, 3.8) is 0 Å². The quantitative estimate of drug-likeness (QED) is 0.317. The monoisotopic (exact) mass is 427 g/mol. The molecular weight excluding hydrogens is 402 g/mol. The second-order valence-corrected chi connectivity index (χ2v) is 7.13. The van der Waals surface area contributed by atoms with Gasteiger partial charge < -0.3 is 25.4 Å². The average molecular weight is 428 g/mol. The van der Waals surface area contributed by atoms with Crippen molar-refractivity contribution in [1.29, 1.82) is 0 Å². The predicted octanol–water partition coefficient (Wildman–Crippen LogP) is 6.03. The van der Waals surface area contributed by atoms with Crippen LogP contribution < -0.4 is 25.4 Å². The fourth-order valence-corrected chi connectivity index (χ4v) is 3.12. The van der Waals surface area contributed by atoms with Crippen LogP contribution in [0.4, 0.5) is 34.5 Å². The summed E-state index contributed by atoms with van der Waals surface area (Å²) in [6, 6.07) is 25.3. The first-order valence-corrected chi connectivity index (χ1v) is 10.2. The molecule has 0 spiro atoms. The first-order valence-electron chi connectivity index (χ1n) is 10.2. The van der Waals surface area contributed by atoms with Crippen LogP contribution in [0, 0.1) is 6.92 Å². The first-order chi connectivity index (χ1) is 15.6. The lowest BCUT2D eigenvalue weighted by atomic mass is 10.2. The molecule has 0 saturated carbocycles. The fourth-order valence-electron chi connectivity index (χ4n) is 3.12. The number of methoxy groups -OCH3 is 2. The van der Waals surface area contributed by atoms with Crippen LogP contribution in [0.25, 0.3) is 0 Å². The van der Waals surface area contributed by atoms with Gasteiger partial charge in [0.05, 0.1) is 14.2 Å². The summed E-state index contributed by atoms with van der Waals surface area (Å²) in [5, 5.41) is 9.94. The van der Waals surface area contributed by atoms with Gasteiger partial charge in [-0.3, -0.25) is 0 Å². The number of nitrogens with one attached hydrogen (secondary N) is 3. The van der Waals surface area contributed by atoms with E-state index in [-0.39, 0.29) is 0 Å². The molecule has 0 saturated heterocycles. The Hall–Kier alpha value is -4.26. The van der Waals surface area contributed by atoms with Crippen molar-refractivity contribution in [2.24, 2.45) is 0 Å². The van der Waals surface area contributed by atoms with Crippen LogP contribution >= 0.6 is 0 Å². The van der Waals surface area contributed by atoms with Gasteiger partial charge in [-0.25, -0.2) is 4.98 Å². The molecule has 4 rings (SSSR count). The van der Waals surface area contributed by atoms with E-state index < -0.39 is 0 Å². The van der Waals surface area contributed by atoms with Crippen molar-refractivity contribution in [2.75, 3.05) is 30.2 Å². The summed E-state index contributed by atoms with van der Waals surface area (Å²) in [7, 11) is 3.31. The van der Waals surface area contributed by atoms with Crippen LogP contribution in [-0.2, 0) is 0 Å². The molecule has 4 aromatic rings. The minimum absolute atomic E-state index is 0.525. The number of nitrogens with zero attached hydrogens (tertiary/aromatic N) is 2. The number of hydrogen-bond donors (Lipinski definition) is 3. The van der Waals surface area contributed by atoms with E-state index in [1.165, 1.54) is 0 Å². The van der Waals surface area contributed by atoms with Crippen LogP contribution in [0.15, 0.2) is 78.9 Å². The van der Waals surface area contributed by atoms with Gasteiger partial charge >= 0.3 is 0 Å². The van der Waals surface area contributed by atoms with E-state index in [4.69, 9.17) is 9.47 Å². The van der Waals surface area contributed by atoms with Crippen molar-refractivity contribution in [3.05, 3.63) is 84.6 Å². The van der Waals surface area contributed by atoms with E-state index in [2.05, 4.69) is 25.9 Å². The van der Waals surface area contributed by atoms with Gasteiger partial charge in [-0.05, 0) is 79.7 Å². The molecule has 0 aliphatic rings. The minimum Gasteiger partial charge on any atom is -0.497 e. The van der Waals surface area contributed by atoms with Gasteiger partial charge in [-0.2, -0.15) is 4.98 Å². The summed E-state index contributed by atoms with van der Waals surface area (Å²) in [4.78, 5) is 9.08. The Kier molecular flexibility index (Phi) is 6.36. The number of anilines is 6. The van der Waals surface area contributed by atoms with Crippen molar-refractivity contribution in [3.8, 4) is 11.5 Å². The Bertz CT molecular complexity index is 1160. The molecule has 7 nitrogen and oxygen atoms in total. The lowest BCUT2D eigenvalue weighted by Crippen LogP contribution is -2.02. The van der Waals surface area contributed by atoms with Crippen LogP contribution in [-0.4, -0.2) is 24.2 Å². The molecule has 7 heteroatoms. The van der Waals surface area contributed by atoms with Gasteiger partial charge in [0.2, 0.25) is 5.95 Å². The second kappa shape index (κ2) is 9.70. The van der Waals surface area contributed by atoms with E-state index in [1.54, 1.807) is 14.2 Å². The maximum Gasteiger partial charge on any atom is 0.229 e. The summed E-state index contributed by atoms with van der Waals surface area (Å²) >= 11 is 0. The van der Waals surface area contributed by atoms with Gasteiger partial charge in [0, 0.05) is 34.5 Å². The second-order valence-electron chi connectivity index (χ2n) is 7.13. The zero-order valence-corrected chi connectivity index (χ0v) is 18.2. The van der Waals surface area contributed by atoms with Crippen molar-refractivity contribution in [2.45, 2.75) is 6.92 Å². The molecule has 0 radical (unpaired) electrons. The number of ether oxygens (including phenoxy) is 2. The molecule has 0 unspecified atom stereocenters. The van der Waals surface area contributed by atoms with Crippen molar-refractivity contribution >= 4 is 34.5 Å². The van der Waals surface area contributed by atoms with Crippen molar-refractivity contribution < 1.29 is 9.47 Å². The van der Waals surface area contributed by atoms with E-state index in [0.717, 1.165) is 39.9 Å². The van der Waals surface area contributed by atoms with E-state index in [0.29, 0.717) is 11.8 Å². The summed E-state index contributed by atoms with van der Waals surface area (Å²) in [5.74, 6) is 2.87. The summed E-state index contributed by atoms with van der Waals surface area (Å²) < 4.78 is 10.4. The van der Waals surface area contributed by atoms with Crippen LogP contribution in [0.5, 0.6) is 11.5 Å². The highest BCUT2D eigenvalue weighted by atomic mass is 16.5. The van der Waals surface area contributed by atoms with Crippen LogP contribution in [0.3, 0.4) is 0 Å². The summed E-state index contributed by atoms with van der Waals surface area (Å²) in [6.45, 7) is 1.94. The lowest BCUT2D eigenvalue weighted by Gasteiger charge is -2.11. The highest BCUT2D eigenvalue weighted by molar-refractivity contribution is 5.65. The topological polar surface area (TPSA) is 80.3 Å². The molecule has 0 atom stereocenters. The third-order valence-electron chi connectivity index (χ3n) is 4.74. The smallest absolute Gasteiger partial charge is 0.229 e. The molecular formula is C25H25N5O2. The first kappa shape index (κ1) is 21.0.